The number of H-pyrrole nitrogens is 1. The predicted molar refractivity (Wildman–Crippen MR) is 101 cm³/mol. The van der Waals surface area contributed by atoms with Crippen molar-refractivity contribution in [2.45, 2.75) is 4.90 Å². The molecule has 0 amide bonds. The summed E-state index contributed by atoms with van der Waals surface area (Å²) in [7, 11) is -1.05. The molecule has 0 bridgehead atoms. The number of hydrazone groups is 1. The lowest BCUT2D eigenvalue weighted by molar-refractivity contribution is 0.354. The fourth-order valence-corrected chi connectivity index (χ4v) is 3.25. The van der Waals surface area contributed by atoms with Gasteiger partial charge in [0.2, 0.25) is 0 Å². The summed E-state index contributed by atoms with van der Waals surface area (Å²) in [6, 6.07) is 9.98. The van der Waals surface area contributed by atoms with Crippen LogP contribution < -0.4 is 14.3 Å². The molecule has 0 radical (unpaired) electrons. The number of benzene rings is 2. The first kappa shape index (κ1) is 19.4. The highest BCUT2D eigenvalue weighted by Gasteiger charge is 2.16. The summed E-state index contributed by atoms with van der Waals surface area (Å²) in [6.07, 6.45) is 2.79. The Bertz CT molecular complexity index is 1100. The maximum Gasteiger partial charge on any atom is 0.276 e. The van der Waals surface area contributed by atoms with Crippen molar-refractivity contribution in [3.63, 3.8) is 0 Å². The molecule has 0 saturated heterocycles. The number of hydrogen-bond acceptors (Lipinski definition) is 6. The van der Waals surface area contributed by atoms with Crippen molar-refractivity contribution < 1.29 is 22.3 Å². The maximum absolute atomic E-state index is 13.1. The lowest BCUT2D eigenvalue weighted by Crippen LogP contribution is -2.18. The smallest absolute Gasteiger partial charge is 0.276 e. The molecule has 0 fully saturated rings. The van der Waals surface area contributed by atoms with Gasteiger partial charge in [-0.05, 0) is 36.4 Å². The van der Waals surface area contributed by atoms with Gasteiger partial charge >= 0.3 is 0 Å². The molecule has 0 atom stereocenters. The third-order valence-corrected chi connectivity index (χ3v) is 5.06. The molecule has 0 aliphatic rings. The van der Waals surface area contributed by atoms with Crippen molar-refractivity contribution in [3.05, 3.63) is 60.0 Å². The molecule has 2 N–H and O–H groups in total. The van der Waals surface area contributed by atoms with Crippen LogP contribution in [0.15, 0.2) is 58.7 Å². The minimum Gasteiger partial charge on any atom is -0.493 e. The molecule has 2 aromatic carbocycles. The highest BCUT2D eigenvalue weighted by Crippen LogP contribution is 2.29. The first-order valence-electron chi connectivity index (χ1n) is 8.01. The molecule has 3 aromatic rings. The Kier molecular flexibility index (Phi) is 5.59. The maximum atomic E-state index is 13.1. The highest BCUT2D eigenvalue weighted by molar-refractivity contribution is 7.89. The van der Waals surface area contributed by atoms with E-state index in [-0.39, 0.29) is 16.5 Å². The normalized spacial score (nSPS) is 11.5. The van der Waals surface area contributed by atoms with E-state index in [1.165, 1.54) is 57.0 Å². The van der Waals surface area contributed by atoms with Crippen LogP contribution in [0.25, 0.3) is 11.3 Å². The van der Waals surface area contributed by atoms with Crippen molar-refractivity contribution in [1.82, 2.24) is 15.0 Å². The van der Waals surface area contributed by atoms with E-state index in [2.05, 4.69) is 20.1 Å². The zero-order valence-electron chi connectivity index (χ0n) is 15.0. The van der Waals surface area contributed by atoms with Crippen LogP contribution in [0, 0.1) is 5.82 Å². The second kappa shape index (κ2) is 8.09. The van der Waals surface area contributed by atoms with E-state index >= 15 is 0 Å². The molecule has 0 spiro atoms. The number of aromatic nitrogens is 2. The zero-order valence-corrected chi connectivity index (χ0v) is 15.8. The van der Waals surface area contributed by atoms with Crippen LogP contribution in [-0.4, -0.2) is 39.0 Å². The second-order valence-electron chi connectivity index (χ2n) is 5.58. The topological polar surface area (TPSA) is 106 Å². The van der Waals surface area contributed by atoms with Gasteiger partial charge in [-0.25, -0.2) is 9.22 Å². The van der Waals surface area contributed by atoms with E-state index in [4.69, 9.17) is 9.47 Å². The molecule has 0 aliphatic heterocycles. The average Bonchev–Trinajstić information content (AvgIpc) is 3.16. The summed E-state index contributed by atoms with van der Waals surface area (Å²) < 4.78 is 48.2. The average molecular weight is 404 g/mol. The summed E-state index contributed by atoms with van der Waals surface area (Å²) in [6.45, 7) is 0. The third kappa shape index (κ3) is 4.12. The van der Waals surface area contributed by atoms with Gasteiger partial charge in [0.15, 0.2) is 11.5 Å². The van der Waals surface area contributed by atoms with Crippen LogP contribution in [0.3, 0.4) is 0 Å². The summed E-state index contributed by atoms with van der Waals surface area (Å²) in [5.41, 5.74) is 1.79. The van der Waals surface area contributed by atoms with E-state index in [9.17, 15) is 12.8 Å². The van der Waals surface area contributed by atoms with Crippen molar-refractivity contribution >= 4 is 16.2 Å². The minimum atomic E-state index is -3.92. The molecule has 0 aliphatic carbocycles. The quantitative estimate of drug-likeness (QED) is 0.465. The summed E-state index contributed by atoms with van der Waals surface area (Å²) >= 11 is 0. The number of nitrogens with zero attached hydrogens (tertiary/aromatic N) is 2. The van der Waals surface area contributed by atoms with Gasteiger partial charge in [0.05, 0.1) is 37.2 Å². The molecule has 0 saturated carbocycles. The van der Waals surface area contributed by atoms with Crippen LogP contribution in [0.2, 0.25) is 0 Å². The van der Waals surface area contributed by atoms with Crippen molar-refractivity contribution in [1.29, 1.82) is 0 Å². The zero-order chi connectivity index (χ0) is 20.1. The van der Waals surface area contributed by atoms with Gasteiger partial charge in [-0.15, -0.1) is 0 Å². The standard InChI is InChI=1S/C18H17FN4O4S/c1-26-16-8-7-15(9-17(16)27-2)28(24,25)23-21-11-13-10-20-22-18(13)12-3-5-14(19)6-4-12/h3-11,23H,1-2H3,(H,20,22)/b21-11+. The van der Waals surface area contributed by atoms with Gasteiger partial charge in [0, 0.05) is 17.2 Å². The van der Waals surface area contributed by atoms with E-state index in [1.54, 1.807) is 12.1 Å². The number of rotatable bonds is 7. The molecule has 146 valence electrons. The summed E-state index contributed by atoms with van der Waals surface area (Å²) in [4.78, 5) is 2.10. The Morgan fingerprint density at radius 2 is 1.82 bits per heavy atom. The van der Waals surface area contributed by atoms with Gasteiger partial charge in [-0.2, -0.15) is 18.6 Å². The first-order valence-corrected chi connectivity index (χ1v) is 9.49. The Hall–Kier alpha value is -3.40. The lowest BCUT2D eigenvalue weighted by Gasteiger charge is -2.09. The molecular weight excluding hydrogens is 387 g/mol. The molecule has 3 rings (SSSR count). The Morgan fingerprint density at radius 3 is 2.50 bits per heavy atom. The van der Waals surface area contributed by atoms with Gasteiger partial charge < -0.3 is 9.47 Å². The van der Waals surface area contributed by atoms with E-state index < -0.39 is 10.0 Å². The molecule has 1 heterocycles. The number of nitrogens with one attached hydrogen (secondary N) is 2. The molecule has 8 nitrogen and oxygen atoms in total. The van der Waals surface area contributed by atoms with E-state index in [0.717, 1.165) is 0 Å². The first-order chi connectivity index (χ1) is 13.4. The molecule has 1 aromatic heterocycles. The lowest BCUT2D eigenvalue weighted by atomic mass is 10.1. The number of aromatic amines is 1. The molecule has 0 unspecified atom stereocenters. The van der Waals surface area contributed by atoms with Gasteiger partial charge in [-0.1, -0.05) is 0 Å². The van der Waals surface area contributed by atoms with Gasteiger partial charge in [-0.3, -0.25) is 5.10 Å². The minimum absolute atomic E-state index is 0.0340. The van der Waals surface area contributed by atoms with Crippen LogP contribution in [0.5, 0.6) is 11.5 Å². The molecular formula is C18H17FN4O4S. The highest BCUT2D eigenvalue weighted by atomic mass is 32.2. The SMILES string of the molecule is COc1ccc(S(=O)(=O)N/N=C/c2cn[nH]c2-c2ccc(F)cc2)cc1OC. The molecule has 28 heavy (non-hydrogen) atoms. The van der Waals surface area contributed by atoms with Crippen molar-refractivity contribution in [3.8, 4) is 22.8 Å². The van der Waals surface area contributed by atoms with Crippen molar-refractivity contribution in [2.75, 3.05) is 14.2 Å². The monoisotopic (exact) mass is 404 g/mol. The number of ether oxygens (including phenoxy) is 2. The Labute approximate surface area is 161 Å². The molecule has 10 heteroatoms. The van der Waals surface area contributed by atoms with Crippen LogP contribution in [0.1, 0.15) is 5.56 Å². The van der Waals surface area contributed by atoms with Crippen molar-refractivity contribution in [2.24, 2.45) is 5.10 Å². The largest absolute Gasteiger partial charge is 0.493 e. The predicted octanol–water partition coefficient (Wildman–Crippen LogP) is 2.55. The Morgan fingerprint density at radius 1 is 1.11 bits per heavy atom. The number of methoxy groups -OCH3 is 2. The Balaban J connectivity index is 1.80. The fraction of sp³-hybridized carbons (Fsp3) is 0.111. The third-order valence-electron chi connectivity index (χ3n) is 3.84. The van der Waals surface area contributed by atoms with Crippen LogP contribution in [0.4, 0.5) is 4.39 Å². The summed E-state index contributed by atoms with van der Waals surface area (Å²) in [5.74, 6) is 0.330. The summed E-state index contributed by atoms with van der Waals surface area (Å²) in [5, 5.41) is 10.5. The van der Waals surface area contributed by atoms with Crippen LogP contribution >= 0.6 is 0 Å². The van der Waals surface area contributed by atoms with E-state index in [1.807, 2.05) is 0 Å². The fourth-order valence-electron chi connectivity index (χ4n) is 2.44. The number of halogens is 1. The van der Waals surface area contributed by atoms with Gasteiger partial charge in [0.1, 0.15) is 5.82 Å². The second-order valence-corrected chi connectivity index (χ2v) is 7.24. The number of hydrogen-bond donors (Lipinski definition) is 2. The number of sulfonamides is 1. The van der Waals surface area contributed by atoms with Gasteiger partial charge in [0.25, 0.3) is 10.0 Å². The van der Waals surface area contributed by atoms with E-state index in [0.29, 0.717) is 22.6 Å². The van der Waals surface area contributed by atoms with Crippen LogP contribution in [-0.2, 0) is 10.0 Å².